The average Bonchev–Trinajstić information content (AvgIpc) is 2.72. The van der Waals surface area contributed by atoms with Crippen molar-refractivity contribution in [3.63, 3.8) is 0 Å². The fourth-order valence-electron chi connectivity index (χ4n) is 6.35. The van der Waals surface area contributed by atoms with Crippen LogP contribution in [0.2, 0.25) is 0 Å². The minimum absolute atomic E-state index is 0.0122. The predicted molar refractivity (Wildman–Crippen MR) is 118 cm³/mol. The maximum Gasteiger partial charge on any atom is 0.412 e. The van der Waals surface area contributed by atoms with Crippen LogP contribution in [0.15, 0.2) is 36.4 Å². The molecule has 0 saturated heterocycles. The molecule has 6 nitrogen and oxygen atoms in total. The SMILES string of the molecule is COc1cc(-c2ccc(NC(=O)OC34CC5CC(CC(C5)C3)C4)cc2)cc(O)c1OC. The first-order valence-electron chi connectivity index (χ1n) is 11.0. The number of aromatic hydroxyl groups is 1. The van der Waals surface area contributed by atoms with E-state index in [1.165, 1.54) is 33.5 Å². The van der Waals surface area contributed by atoms with E-state index in [1.54, 1.807) is 6.07 Å². The van der Waals surface area contributed by atoms with Gasteiger partial charge in [0.25, 0.3) is 0 Å². The molecule has 4 aliphatic rings. The monoisotopic (exact) mass is 423 g/mol. The molecule has 164 valence electrons. The Kier molecular flexibility index (Phi) is 4.95. The van der Waals surface area contributed by atoms with Gasteiger partial charge in [-0.05, 0) is 91.7 Å². The molecule has 4 aliphatic carbocycles. The van der Waals surface area contributed by atoms with Gasteiger partial charge < -0.3 is 19.3 Å². The number of rotatable bonds is 5. The molecule has 2 aromatic carbocycles. The van der Waals surface area contributed by atoms with Crippen molar-refractivity contribution >= 4 is 11.8 Å². The van der Waals surface area contributed by atoms with Crippen LogP contribution in [-0.4, -0.2) is 31.0 Å². The largest absolute Gasteiger partial charge is 0.504 e. The van der Waals surface area contributed by atoms with E-state index in [0.29, 0.717) is 17.2 Å². The second-order valence-corrected chi connectivity index (χ2v) is 9.42. The normalized spacial score (nSPS) is 28.3. The summed E-state index contributed by atoms with van der Waals surface area (Å²) in [6, 6.07) is 10.9. The molecule has 6 heteroatoms. The third-order valence-corrected chi connectivity index (χ3v) is 7.22. The zero-order valence-electron chi connectivity index (χ0n) is 18.0. The molecular formula is C25H29NO5. The number of amides is 1. The smallest absolute Gasteiger partial charge is 0.412 e. The van der Waals surface area contributed by atoms with Crippen LogP contribution in [-0.2, 0) is 4.74 Å². The number of benzene rings is 2. The van der Waals surface area contributed by atoms with Crippen molar-refractivity contribution in [3.8, 4) is 28.4 Å². The molecule has 4 fully saturated rings. The van der Waals surface area contributed by atoms with E-state index in [4.69, 9.17) is 14.2 Å². The van der Waals surface area contributed by atoms with Crippen molar-refractivity contribution in [2.24, 2.45) is 17.8 Å². The van der Waals surface area contributed by atoms with E-state index in [9.17, 15) is 9.90 Å². The number of anilines is 1. The minimum Gasteiger partial charge on any atom is -0.504 e. The number of carbonyl (C=O) groups excluding carboxylic acids is 1. The third kappa shape index (κ3) is 3.80. The maximum atomic E-state index is 12.7. The molecule has 0 heterocycles. The lowest BCUT2D eigenvalue weighted by molar-refractivity contribution is -0.124. The third-order valence-electron chi connectivity index (χ3n) is 7.22. The summed E-state index contributed by atoms with van der Waals surface area (Å²) in [4.78, 5) is 12.7. The number of carbonyl (C=O) groups is 1. The van der Waals surface area contributed by atoms with E-state index in [-0.39, 0.29) is 17.4 Å². The van der Waals surface area contributed by atoms with Gasteiger partial charge in [-0.15, -0.1) is 0 Å². The Labute approximate surface area is 182 Å². The molecule has 0 atom stereocenters. The van der Waals surface area contributed by atoms with Crippen molar-refractivity contribution in [1.29, 1.82) is 0 Å². The van der Waals surface area contributed by atoms with Gasteiger partial charge in [-0.25, -0.2) is 4.79 Å². The lowest BCUT2D eigenvalue weighted by atomic mass is 9.54. The van der Waals surface area contributed by atoms with Crippen LogP contribution in [0.25, 0.3) is 11.1 Å². The molecule has 4 saturated carbocycles. The van der Waals surface area contributed by atoms with E-state index >= 15 is 0 Å². The quantitative estimate of drug-likeness (QED) is 0.655. The molecule has 4 bridgehead atoms. The first-order valence-corrected chi connectivity index (χ1v) is 11.0. The van der Waals surface area contributed by atoms with Gasteiger partial charge in [-0.3, -0.25) is 5.32 Å². The van der Waals surface area contributed by atoms with Crippen molar-refractivity contribution in [1.82, 2.24) is 0 Å². The van der Waals surface area contributed by atoms with Gasteiger partial charge in [0.05, 0.1) is 14.2 Å². The molecule has 6 rings (SSSR count). The van der Waals surface area contributed by atoms with Crippen LogP contribution in [0.1, 0.15) is 38.5 Å². The second-order valence-electron chi connectivity index (χ2n) is 9.42. The first kappa shape index (κ1) is 20.0. The van der Waals surface area contributed by atoms with Gasteiger partial charge in [0.1, 0.15) is 5.60 Å². The molecule has 0 spiro atoms. The Balaban J connectivity index is 1.27. The Hall–Kier alpha value is -2.89. The van der Waals surface area contributed by atoms with Crippen LogP contribution in [0.5, 0.6) is 17.2 Å². The van der Waals surface area contributed by atoms with Gasteiger partial charge in [0.2, 0.25) is 5.75 Å². The summed E-state index contributed by atoms with van der Waals surface area (Å²) in [6.45, 7) is 0. The van der Waals surface area contributed by atoms with Crippen molar-refractivity contribution < 1.29 is 24.1 Å². The topological polar surface area (TPSA) is 77.0 Å². The fourth-order valence-corrected chi connectivity index (χ4v) is 6.35. The van der Waals surface area contributed by atoms with Crippen LogP contribution in [0, 0.1) is 17.8 Å². The van der Waals surface area contributed by atoms with Crippen molar-refractivity contribution in [2.45, 2.75) is 44.1 Å². The summed E-state index contributed by atoms with van der Waals surface area (Å²) in [5.41, 5.74) is 2.10. The first-order chi connectivity index (χ1) is 15.0. The molecular weight excluding hydrogens is 394 g/mol. The van der Waals surface area contributed by atoms with Crippen LogP contribution < -0.4 is 14.8 Å². The zero-order chi connectivity index (χ0) is 21.6. The Morgan fingerprint density at radius 3 is 2.10 bits per heavy atom. The molecule has 1 amide bonds. The van der Waals surface area contributed by atoms with Gasteiger partial charge in [0.15, 0.2) is 11.5 Å². The molecule has 0 aliphatic heterocycles. The Morgan fingerprint density at radius 1 is 0.935 bits per heavy atom. The number of nitrogens with one attached hydrogen (secondary N) is 1. The van der Waals surface area contributed by atoms with Gasteiger partial charge in [0, 0.05) is 5.69 Å². The fraction of sp³-hybridized carbons (Fsp3) is 0.480. The Bertz CT molecular complexity index is 949. The lowest BCUT2D eigenvalue weighted by Crippen LogP contribution is -2.53. The molecule has 2 aromatic rings. The highest BCUT2D eigenvalue weighted by molar-refractivity contribution is 5.85. The number of hydrogen-bond acceptors (Lipinski definition) is 5. The number of methoxy groups -OCH3 is 2. The predicted octanol–water partition coefficient (Wildman–Crippen LogP) is 5.59. The molecule has 0 unspecified atom stereocenters. The van der Waals surface area contributed by atoms with E-state index < -0.39 is 0 Å². The van der Waals surface area contributed by atoms with Crippen LogP contribution >= 0.6 is 0 Å². The Morgan fingerprint density at radius 2 is 1.55 bits per heavy atom. The number of hydrogen-bond donors (Lipinski definition) is 2. The number of ether oxygens (including phenoxy) is 3. The summed E-state index contributed by atoms with van der Waals surface area (Å²) in [5.74, 6) is 2.97. The summed E-state index contributed by atoms with van der Waals surface area (Å²) in [5, 5.41) is 13.1. The highest BCUT2D eigenvalue weighted by Crippen LogP contribution is 2.57. The highest BCUT2D eigenvalue weighted by atomic mass is 16.6. The summed E-state index contributed by atoms with van der Waals surface area (Å²) < 4.78 is 16.5. The highest BCUT2D eigenvalue weighted by Gasteiger charge is 2.53. The standard InChI is InChI=1S/C25H29NO5/c1-29-22-11-19(10-21(27)23(22)30-2)18-3-5-20(6-4-18)26-24(28)31-25-12-15-7-16(13-25)9-17(8-15)14-25/h3-6,10-11,15-17,27H,7-9,12-14H2,1-2H3,(H,26,28). The number of phenolic OH excluding ortho intramolecular Hbond substituents is 1. The molecule has 0 radical (unpaired) electrons. The van der Waals surface area contributed by atoms with Crippen molar-refractivity contribution in [2.75, 3.05) is 19.5 Å². The van der Waals surface area contributed by atoms with Gasteiger partial charge >= 0.3 is 6.09 Å². The van der Waals surface area contributed by atoms with E-state index in [0.717, 1.165) is 48.1 Å². The van der Waals surface area contributed by atoms with Gasteiger partial charge in [-0.2, -0.15) is 0 Å². The molecule has 2 N–H and O–H groups in total. The lowest BCUT2D eigenvalue weighted by Gasteiger charge is -2.55. The summed E-state index contributed by atoms with van der Waals surface area (Å²) in [6.07, 6.45) is 6.65. The van der Waals surface area contributed by atoms with Crippen molar-refractivity contribution in [3.05, 3.63) is 36.4 Å². The maximum absolute atomic E-state index is 12.7. The van der Waals surface area contributed by atoms with E-state index in [1.807, 2.05) is 30.3 Å². The molecule has 31 heavy (non-hydrogen) atoms. The number of phenols is 1. The summed E-state index contributed by atoms with van der Waals surface area (Å²) >= 11 is 0. The van der Waals surface area contributed by atoms with Gasteiger partial charge in [-0.1, -0.05) is 12.1 Å². The van der Waals surface area contributed by atoms with Crippen LogP contribution in [0.3, 0.4) is 0 Å². The van der Waals surface area contributed by atoms with E-state index in [2.05, 4.69) is 5.32 Å². The zero-order valence-corrected chi connectivity index (χ0v) is 18.0. The minimum atomic E-state index is -0.363. The second kappa shape index (κ2) is 7.66. The molecule has 0 aromatic heterocycles. The average molecular weight is 424 g/mol. The van der Waals surface area contributed by atoms with Crippen LogP contribution in [0.4, 0.5) is 10.5 Å². The summed E-state index contributed by atoms with van der Waals surface area (Å²) in [7, 11) is 3.02.